The smallest absolute Gasteiger partial charge is 0.243 e. The summed E-state index contributed by atoms with van der Waals surface area (Å²) in [7, 11) is 0. The fraction of sp³-hybridized carbons (Fsp3) is 0.391. The number of nitrogens with zero attached hydrogens (tertiary/aromatic N) is 2. The van der Waals surface area contributed by atoms with Gasteiger partial charge in [0.2, 0.25) is 11.8 Å². The predicted molar refractivity (Wildman–Crippen MR) is 114 cm³/mol. The minimum absolute atomic E-state index is 0.0230. The van der Waals surface area contributed by atoms with Crippen LogP contribution in [0.2, 0.25) is 0 Å². The lowest BCUT2D eigenvalue weighted by Crippen LogP contribution is -2.49. The van der Waals surface area contributed by atoms with Crippen molar-refractivity contribution in [3.05, 3.63) is 70.4 Å². The van der Waals surface area contributed by atoms with Gasteiger partial charge in [-0.2, -0.15) is 0 Å². The van der Waals surface area contributed by atoms with Gasteiger partial charge in [-0.3, -0.25) is 9.59 Å². The normalized spacial score (nSPS) is 16.4. The van der Waals surface area contributed by atoms with E-state index in [1.807, 2.05) is 43.9 Å². The van der Waals surface area contributed by atoms with Gasteiger partial charge >= 0.3 is 0 Å². The van der Waals surface area contributed by atoms with Gasteiger partial charge in [-0.25, -0.2) is 0 Å². The maximum atomic E-state index is 13.3. The van der Waals surface area contributed by atoms with Gasteiger partial charge < -0.3 is 9.80 Å². The maximum absolute atomic E-state index is 13.3. The summed E-state index contributed by atoms with van der Waals surface area (Å²) >= 11 is 1.75. The van der Waals surface area contributed by atoms with Gasteiger partial charge in [0, 0.05) is 23.4 Å². The maximum Gasteiger partial charge on any atom is 0.243 e. The second-order valence-electron chi connectivity index (χ2n) is 8.17. The quantitative estimate of drug-likeness (QED) is 0.708. The van der Waals surface area contributed by atoms with E-state index in [-0.39, 0.29) is 24.4 Å². The number of fused-ring (bicyclic) bond motifs is 1. The molecule has 5 heteroatoms. The Bertz CT molecular complexity index is 851. The van der Waals surface area contributed by atoms with Crippen LogP contribution in [0, 0.1) is 5.41 Å². The standard InChI is InChI=1S/C23H28N2O2S/c1-5-13-24(22(27)23(2,3)4)16-20(26)25-14-11-19-18(12-15-28-19)21(25)17-9-7-6-8-10-17/h5-10,12,15,21H,1,11,13-14,16H2,2-4H3/t21-/m1/s1. The third kappa shape index (κ3) is 4.20. The van der Waals surface area contributed by atoms with Crippen LogP contribution < -0.4 is 0 Å². The molecule has 1 aromatic carbocycles. The van der Waals surface area contributed by atoms with E-state index in [0.717, 1.165) is 12.0 Å². The molecule has 0 bridgehead atoms. The Balaban J connectivity index is 1.89. The first kappa shape index (κ1) is 20.3. The third-order valence-corrected chi connectivity index (χ3v) is 6.00. The molecule has 1 aliphatic heterocycles. The summed E-state index contributed by atoms with van der Waals surface area (Å²) in [5.41, 5.74) is 1.77. The number of thiophene rings is 1. The van der Waals surface area contributed by atoms with Crippen molar-refractivity contribution in [2.75, 3.05) is 19.6 Å². The number of benzene rings is 1. The van der Waals surface area contributed by atoms with Crippen molar-refractivity contribution in [1.82, 2.24) is 9.80 Å². The van der Waals surface area contributed by atoms with Gasteiger partial charge in [-0.15, -0.1) is 17.9 Å². The topological polar surface area (TPSA) is 40.6 Å². The Morgan fingerprint density at radius 2 is 1.96 bits per heavy atom. The molecule has 2 heterocycles. The zero-order valence-electron chi connectivity index (χ0n) is 16.9. The molecule has 0 unspecified atom stereocenters. The first-order valence-electron chi connectivity index (χ1n) is 9.64. The molecule has 0 aliphatic carbocycles. The van der Waals surface area contributed by atoms with E-state index < -0.39 is 5.41 Å². The van der Waals surface area contributed by atoms with Crippen molar-refractivity contribution in [3.63, 3.8) is 0 Å². The molecule has 1 aliphatic rings. The summed E-state index contributed by atoms with van der Waals surface area (Å²) in [6.07, 6.45) is 2.54. The van der Waals surface area contributed by atoms with Crippen molar-refractivity contribution in [1.29, 1.82) is 0 Å². The molecule has 0 saturated carbocycles. The minimum Gasteiger partial charge on any atom is -0.330 e. The van der Waals surface area contributed by atoms with Crippen LogP contribution in [0.5, 0.6) is 0 Å². The summed E-state index contributed by atoms with van der Waals surface area (Å²) in [5, 5.41) is 2.10. The van der Waals surface area contributed by atoms with E-state index in [2.05, 4.69) is 30.2 Å². The summed E-state index contributed by atoms with van der Waals surface area (Å²) in [4.78, 5) is 31.0. The van der Waals surface area contributed by atoms with Crippen molar-refractivity contribution in [2.24, 2.45) is 5.41 Å². The number of amides is 2. The van der Waals surface area contributed by atoms with Crippen LogP contribution in [-0.4, -0.2) is 41.2 Å². The highest BCUT2D eigenvalue weighted by Gasteiger charge is 2.35. The molecule has 1 atom stereocenters. The molecule has 3 rings (SSSR count). The van der Waals surface area contributed by atoms with E-state index in [4.69, 9.17) is 0 Å². The van der Waals surface area contributed by atoms with Crippen LogP contribution >= 0.6 is 11.3 Å². The second kappa shape index (κ2) is 8.31. The van der Waals surface area contributed by atoms with Gasteiger partial charge in [-0.05, 0) is 29.0 Å². The van der Waals surface area contributed by atoms with Crippen LogP contribution in [0.1, 0.15) is 42.8 Å². The molecule has 0 saturated heterocycles. The van der Waals surface area contributed by atoms with Gasteiger partial charge in [0.25, 0.3) is 0 Å². The Kier molecular flexibility index (Phi) is 6.04. The highest BCUT2D eigenvalue weighted by molar-refractivity contribution is 7.10. The van der Waals surface area contributed by atoms with Crippen molar-refractivity contribution >= 4 is 23.2 Å². The molecule has 0 radical (unpaired) electrons. The minimum atomic E-state index is -0.537. The number of carbonyl (C=O) groups excluding carboxylic acids is 2. The molecule has 148 valence electrons. The number of hydrogen-bond donors (Lipinski definition) is 0. The first-order valence-corrected chi connectivity index (χ1v) is 10.5. The van der Waals surface area contributed by atoms with Gasteiger partial charge in [0.1, 0.15) is 6.54 Å². The molecule has 2 aromatic rings. The molecule has 0 fully saturated rings. The lowest BCUT2D eigenvalue weighted by Gasteiger charge is -2.38. The molecular weight excluding hydrogens is 368 g/mol. The average Bonchev–Trinajstić information content (AvgIpc) is 3.15. The number of rotatable bonds is 5. The third-order valence-electron chi connectivity index (χ3n) is 5.01. The molecule has 2 amide bonds. The van der Waals surface area contributed by atoms with E-state index in [0.29, 0.717) is 13.1 Å². The Hall–Kier alpha value is -2.40. The Labute approximate surface area is 171 Å². The highest BCUT2D eigenvalue weighted by Crippen LogP contribution is 2.37. The zero-order chi connectivity index (χ0) is 20.3. The Morgan fingerprint density at radius 3 is 2.61 bits per heavy atom. The summed E-state index contributed by atoms with van der Waals surface area (Å²) in [5.74, 6) is -0.0598. The van der Waals surface area contributed by atoms with E-state index >= 15 is 0 Å². The lowest BCUT2D eigenvalue weighted by molar-refractivity contribution is -0.145. The monoisotopic (exact) mass is 396 g/mol. The summed E-state index contributed by atoms with van der Waals surface area (Å²) in [6.45, 7) is 10.5. The van der Waals surface area contributed by atoms with Gasteiger partial charge in [0.05, 0.1) is 6.04 Å². The fourth-order valence-electron chi connectivity index (χ4n) is 3.68. The molecule has 4 nitrogen and oxygen atoms in total. The first-order chi connectivity index (χ1) is 13.3. The van der Waals surface area contributed by atoms with Crippen molar-refractivity contribution < 1.29 is 9.59 Å². The molecule has 1 aromatic heterocycles. The van der Waals surface area contributed by atoms with Crippen LogP contribution in [-0.2, 0) is 16.0 Å². The highest BCUT2D eigenvalue weighted by atomic mass is 32.1. The lowest BCUT2D eigenvalue weighted by atomic mass is 9.92. The second-order valence-corrected chi connectivity index (χ2v) is 9.17. The summed E-state index contributed by atoms with van der Waals surface area (Å²) in [6, 6.07) is 12.2. The van der Waals surface area contributed by atoms with Crippen molar-refractivity contribution in [2.45, 2.75) is 33.2 Å². The van der Waals surface area contributed by atoms with Gasteiger partial charge in [-0.1, -0.05) is 57.2 Å². The van der Waals surface area contributed by atoms with Crippen LogP contribution in [0.4, 0.5) is 0 Å². The van der Waals surface area contributed by atoms with Crippen LogP contribution in [0.3, 0.4) is 0 Å². The van der Waals surface area contributed by atoms with Gasteiger partial charge in [0.15, 0.2) is 0 Å². The Morgan fingerprint density at radius 1 is 1.25 bits per heavy atom. The molecule has 28 heavy (non-hydrogen) atoms. The molecular formula is C23H28N2O2S. The predicted octanol–water partition coefficient (Wildman–Crippen LogP) is 4.28. The van der Waals surface area contributed by atoms with Crippen LogP contribution in [0.15, 0.2) is 54.4 Å². The average molecular weight is 397 g/mol. The largest absolute Gasteiger partial charge is 0.330 e. The van der Waals surface area contributed by atoms with Crippen molar-refractivity contribution in [3.8, 4) is 0 Å². The summed E-state index contributed by atoms with van der Waals surface area (Å²) < 4.78 is 0. The number of carbonyl (C=O) groups is 2. The SMILES string of the molecule is C=CCN(CC(=O)N1CCc2sccc2[C@H]1c1ccccc1)C(=O)C(C)(C)C. The zero-order valence-corrected chi connectivity index (χ0v) is 17.7. The van der Waals surface area contributed by atoms with E-state index in [1.54, 1.807) is 22.3 Å². The molecule has 0 spiro atoms. The van der Waals surface area contributed by atoms with E-state index in [1.165, 1.54) is 10.4 Å². The molecule has 0 N–H and O–H groups in total. The number of hydrogen-bond acceptors (Lipinski definition) is 3. The van der Waals surface area contributed by atoms with Crippen LogP contribution in [0.25, 0.3) is 0 Å². The van der Waals surface area contributed by atoms with E-state index in [9.17, 15) is 9.59 Å². The fourth-order valence-corrected chi connectivity index (χ4v) is 4.59.